The average molecular weight is 464 g/mol. The van der Waals surface area contributed by atoms with Crippen molar-refractivity contribution in [3.63, 3.8) is 0 Å². The Bertz CT molecular complexity index is 1210. The highest BCUT2D eigenvalue weighted by atomic mass is 16.7. The van der Waals surface area contributed by atoms with Crippen LogP contribution in [0, 0.1) is 6.92 Å². The summed E-state index contributed by atoms with van der Waals surface area (Å²) in [6, 6.07) is 8.09. The summed E-state index contributed by atoms with van der Waals surface area (Å²) < 4.78 is 19.5. The first kappa shape index (κ1) is 24.2. The maximum absolute atomic E-state index is 12.0. The molecule has 0 spiro atoms. The van der Waals surface area contributed by atoms with Crippen LogP contribution in [0.5, 0.6) is 0 Å². The molecule has 1 N–H and O–H groups in total. The van der Waals surface area contributed by atoms with Crippen LogP contribution in [0.3, 0.4) is 0 Å². The van der Waals surface area contributed by atoms with Gasteiger partial charge < -0.3 is 19.4 Å². The number of ether oxygens (including phenoxy) is 1. The molecule has 1 fully saturated rings. The molecular weight excluding hydrogens is 431 g/mol. The third-order valence-corrected chi connectivity index (χ3v) is 6.39. The largest absolute Gasteiger partial charge is 0.496 e. The van der Waals surface area contributed by atoms with E-state index in [2.05, 4.69) is 21.5 Å². The van der Waals surface area contributed by atoms with Gasteiger partial charge in [0.25, 0.3) is 0 Å². The monoisotopic (exact) mass is 464 g/mol. The first-order chi connectivity index (χ1) is 15.8. The van der Waals surface area contributed by atoms with Crippen molar-refractivity contribution in [1.82, 2.24) is 19.9 Å². The van der Waals surface area contributed by atoms with E-state index in [0.29, 0.717) is 6.54 Å². The Balaban J connectivity index is 1.57. The zero-order valence-electron chi connectivity index (χ0n) is 21.2. The van der Waals surface area contributed by atoms with Gasteiger partial charge in [-0.05, 0) is 78.6 Å². The SMILES string of the molecule is Cc1cc(-c2ncnn3cc(B4OC(C)(C)C(C)(C)O4)cc23)ccc1CNC(=O)OC(C)(C)C. The fourth-order valence-electron chi connectivity index (χ4n) is 3.80. The Labute approximate surface area is 201 Å². The van der Waals surface area contributed by atoms with Crippen LogP contribution in [-0.2, 0) is 20.6 Å². The van der Waals surface area contributed by atoms with Crippen molar-refractivity contribution < 1.29 is 18.8 Å². The van der Waals surface area contributed by atoms with E-state index >= 15 is 0 Å². The quantitative estimate of drug-likeness (QED) is 0.587. The van der Waals surface area contributed by atoms with Gasteiger partial charge >= 0.3 is 13.2 Å². The lowest BCUT2D eigenvalue weighted by Gasteiger charge is -2.32. The number of carbonyl (C=O) groups is 1. The number of hydrogen-bond acceptors (Lipinski definition) is 6. The predicted octanol–water partition coefficient (Wildman–Crippen LogP) is 4.03. The van der Waals surface area contributed by atoms with Crippen molar-refractivity contribution in [2.75, 3.05) is 0 Å². The van der Waals surface area contributed by atoms with Crippen molar-refractivity contribution in [3.05, 3.63) is 47.9 Å². The topological polar surface area (TPSA) is 87.0 Å². The molecule has 1 aliphatic rings. The Morgan fingerprint density at radius 1 is 1.15 bits per heavy atom. The number of carbonyl (C=O) groups excluding carboxylic acids is 1. The molecule has 9 heteroatoms. The minimum absolute atomic E-state index is 0.386. The van der Waals surface area contributed by atoms with Gasteiger partial charge in [-0.25, -0.2) is 14.3 Å². The molecule has 1 aromatic carbocycles. The van der Waals surface area contributed by atoms with E-state index in [-0.39, 0.29) is 0 Å². The molecule has 1 amide bonds. The number of hydrogen-bond donors (Lipinski definition) is 1. The average Bonchev–Trinajstić information content (AvgIpc) is 3.23. The van der Waals surface area contributed by atoms with Gasteiger partial charge in [-0.1, -0.05) is 12.1 Å². The number of amides is 1. The van der Waals surface area contributed by atoms with E-state index in [0.717, 1.165) is 33.4 Å². The van der Waals surface area contributed by atoms with E-state index in [1.165, 1.54) is 0 Å². The molecule has 0 bridgehead atoms. The third-order valence-electron chi connectivity index (χ3n) is 6.39. The van der Waals surface area contributed by atoms with E-state index < -0.39 is 30.0 Å². The van der Waals surface area contributed by atoms with E-state index in [4.69, 9.17) is 14.0 Å². The number of nitrogens with zero attached hydrogens (tertiary/aromatic N) is 3. The van der Waals surface area contributed by atoms with Gasteiger partial charge in [-0.3, -0.25) is 0 Å². The number of fused-ring (bicyclic) bond motifs is 1. The van der Waals surface area contributed by atoms with Crippen molar-refractivity contribution in [3.8, 4) is 11.3 Å². The Morgan fingerprint density at radius 3 is 2.44 bits per heavy atom. The van der Waals surface area contributed by atoms with E-state index in [1.54, 1.807) is 10.8 Å². The zero-order valence-corrected chi connectivity index (χ0v) is 21.2. The van der Waals surface area contributed by atoms with Crippen LogP contribution < -0.4 is 10.8 Å². The highest BCUT2D eigenvalue weighted by molar-refractivity contribution is 6.62. The van der Waals surface area contributed by atoms with Crippen LogP contribution in [0.25, 0.3) is 16.8 Å². The molecule has 1 saturated heterocycles. The third kappa shape index (κ3) is 4.81. The van der Waals surface area contributed by atoms with Crippen LogP contribution in [0.2, 0.25) is 0 Å². The van der Waals surface area contributed by atoms with Crippen LogP contribution in [0.15, 0.2) is 36.8 Å². The molecule has 180 valence electrons. The number of rotatable bonds is 4. The highest BCUT2D eigenvalue weighted by Crippen LogP contribution is 2.36. The molecule has 8 nitrogen and oxygen atoms in total. The van der Waals surface area contributed by atoms with E-state index in [1.807, 2.05) is 79.8 Å². The van der Waals surface area contributed by atoms with Crippen molar-refractivity contribution in [2.24, 2.45) is 0 Å². The molecule has 0 saturated carbocycles. The van der Waals surface area contributed by atoms with Gasteiger partial charge in [0, 0.05) is 23.8 Å². The number of benzene rings is 1. The minimum Gasteiger partial charge on any atom is -0.444 e. The van der Waals surface area contributed by atoms with Crippen molar-refractivity contribution in [1.29, 1.82) is 0 Å². The molecular formula is C25H33BN4O4. The lowest BCUT2D eigenvalue weighted by atomic mass is 9.81. The first-order valence-corrected chi connectivity index (χ1v) is 11.5. The first-order valence-electron chi connectivity index (χ1n) is 11.5. The van der Waals surface area contributed by atoms with Crippen LogP contribution in [0.4, 0.5) is 4.79 Å². The van der Waals surface area contributed by atoms with Gasteiger partial charge in [-0.15, -0.1) is 0 Å². The molecule has 0 unspecified atom stereocenters. The predicted molar refractivity (Wildman–Crippen MR) is 132 cm³/mol. The molecule has 4 rings (SSSR count). The lowest BCUT2D eigenvalue weighted by molar-refractivity contribution is 0.00578. The summed E-state index contributed by atoms with van der Waals surface area (Å²) in [4.78, 5) is 16.6. The van der Waals surface area contributed by atoms with Gasteiger partial charge in [0.15, 0.2) is 0 Å². The molecule has 3 aromatic rings. The smallest absolute Gasteiger partial charge is 0.444 e. The van der Waals surface area contributed by atoms with Gasteiger partial charge in [0.2, 0.25) is 0 Å². The number of nitrogens with one attached hydrogen (secondary N) is 1. The molecule has 2 aromatic heterocycles. The maximum atomic E-state index is 12.0. The van der Waals surface area contributed by atoms with Gasteiger partial charge in [0.1, 0.15) is 11.9 Å². The number of aromatic nitrogens is 3. The normalized spacial score (nSPS) is 17.2. The molecule has 34 heavy (non-hydrogen) atoms. The summed E-state index contributed by atoms with van der Waals surface area (Å²) in [7, 11) is -0.470. The van der Waals surface area contributed by atoms with Crippen LogP contribution in [-0.4, -0.2) is 44.6 Å². The molecule has 1 aliphatic heterocycles. The molecule has 3 heterocycles. The second-order valence-electron chi connectivity index (χ2n) is 10.8. The van der Waals surface area contributed by atoms with Gasteiger partial charge in [-0.2, -0.15) is 5.10 Å². The highest BCUT2D eigenvalue weighted by Gasteiger charge is 2.52. The summed E-state index contributed by atoms with van der Waals surface area (Å²) in [6.07, 6.45) is 3.04. The fraction of sp³-hybridized carbons (Fsp3) is 0.480. The second kappa shape index (κ2) is 8.39. The van der Waals surface area contributed by atoms with Gasteiger partial charge in [0.05, 0.1) is 22.4 Å². The number of alkyl carbamates (subject to hydrolysis) is 1. The maximum Gasteiger partial charge on any atom is 0.496 e. The minimum atomic E-state index is -0.530. The lowest BCUT2D eigenvalue weighted by Crippen LogP contribution is -2.41. The zero-order chi connectivity index (χ0) is 24.9. The second-order valence-corrected chi connectivity index (χ2v) is 10.8. The molecule has 0 atom stereocenters. The van der Waals surface area contributed by atoms with Crippen LogP contribution >= 0.6 is 0 Å². The summed E-state index contributed by atoms with van der Waals surface area (Å²) in [5, 5.41) is 7.20. The standard InChI is InChI=1S/C25H33BN4O4/c1-16-11-17(9-10-18(16)13-27-22(31)32-23(2,3)4)21-20-12-19(14-30(20)29-15-28-21)26-33-24(5,6)25(7,8)34-26/h9-12,14-15H,13H2,1-8H3,(H,27,31). The molecule has 0 radical (unpaired) electrons. The fourth-order valence-corrected chi connectivity index (χ4v) is 3.80. The summed E-state index contributed by atoms with van der Waals surface area (Å²) in [5.41, 5.74) is 4.23. The van der Waals surface area contributed by atoms with Crippen LogP contribution in [0.1, 0.15) is 59.6 Å². The summed E-state index contributed by atoms with van der Waals surface area (Å²) in [6.45, 7) is 16.1. The molecule has 0 aliphatic carbocycles. The summed E-state index contributed by atoms with van der Waals surface area (Å²) in [5.74, 6) is 0. The van der Waals surface area contributed by atoms with Crippen molar-refractivity contribution >= 4 is 24.2 Å². The van der Waals surface area contributed by atoms with E-state index in [9.17, 15) is 4.79 Å². The Hall–Kier alpha value is -2.91. The Kier molecular flexibility index (Phi) is 5.98. The van der Waals surface area contributed by atoms with Crippen molar-refractivity contribution in [2.45, 2.75) is 78.7 Å². The Morgan fingerprint density at radius 2 is 1.82 bits per heavy atom. The summed E-state index contributed by atoms with van der Waals surface area (Å²) >= 11 is 0. The number of aryl methyl sites for hydroxylation is 1.